The smallest absolute Gasteiger partial charge is 0.408 e. The first-order valence-electron chi connectivity index (χ1n) is 31.3. The lowest BCUT2D eigenvalue weighted by molar-refractivity contribution is -0.164. The Balaban J connectivity index is 3.61. The minimum Gasteiger partial charge on any atom is -0.459 e. The molecule has 0 saturated carbocycles. The molecular formula is C65H110N10O14. The van der Waals surface area contributed by atoms with Gasteiger partial charge in [-0.15, -0.1) is 0 Å². The number of benzene rings is 1. The van der Waals surface area contributed by atoms with Crippen molar-refractivity contribution < 1.29 is 67.3 Å². The van der Waals surface area contributed by atoms with Crippen LogP contribution in [0.5, 0.6) is 0 Å². The zero-order chi connectivity index (χ0) is 68.5. The molecule has 24 nitrogen and oxygen atoms in total. The molecule has 0 aliphatic heterocycles. The van der Waals surface area contributed by atoms with Crippen molar-refractivity contribution in [2.24, 2.45) is 35.5 Å². The molecule has 0 aliphatic rings. The molecule has 0 aliphatic carbocycles. The number of hydrogen-bond donors (Lipinski definition) is 5. The molecule has 24 heteroatoms. The fourth-order valence-corrected chi connectivity index (χ4v) is 10.5. The van der Waals surface area contributed by atoms with Crippen LogP contribution in [0.15, 0.2) is 42.5 Å². The van der Waals surface area contributed by atoms with Gasteiger partial charge in [0.05, 0.1) is 6.61 Å². The summed E-state index contributed by atoms with van der Waals surface area (Å²) in [5.74, 6) is -8.48. The summed E-state index contributed by atoms with van der Waals surface area (Å²) in [4.78, 5) is 163. The minimum atomic E-state index is -1.51. The number of nitrogens with zero attached hydrogens (tertiary/aromatic N) is 6. The van der Waals surface area contributed by atoms with E-state index in [1.54, 1.807) is 71.9 Å². The predicted molar refractivity (Wildman–Crippen MR) is 341 cm³/mol. The van der Waals surface area contributed by atoms with Gasteiger partial charge in [0.2, 0.25) is 53.2 Å². The number of rotatable bonds is 36. The minimum absolute atomic E-state index is 0.000830. The second-order valence-corrected chi connectivity index (χ2v) is 25.5. The highest BCUT2D eigenvalue weighted by atomic mass is 16.6. The second kappa shape index (κ2) is 38.4. The molecule has 89 heavy (non-hydrogen) atoms. The van der Waals surface area contributed by atoms with Gasteiger partial charge in [0.25, 0.3) is 0 Å². The third-order valence-electron chi connectivity index (χ3n) is 15.7. The zero-order valence-corrected chi connectivity index (χ0v) is 57.4. The Kier molecular flexibility index (Phi) is 34.5. The van der Waals surface area contributed by atoms with E-state index in [0.717, 1.165) is 10.5 Å². The number of likely N-dealkylation sites (N-methyl/N-ethyl adjacent to an activating group) is 6. The highest BCUT2D eigenvalue weighted by Crippen LogP contribution is 2.26. The lowest BCUT2D eigenvalue weighted by Gasteiger charge is -2.42. The molecule has 10 amide bonds. The van der Waals surface area contributed by atoms with Crippen LogP contribution in [0.1, 0.15) is 148 Å². The van der Waals surface area contributed by atoms with E-state index in [1.165, 1.54) is 87.6 Å². The topological polar surface area (TPSA) is 294 Å². The number of amides is 10. The molecule has 1 aromatic carbocycles. The molecule has 0 radical (unpaired) electrons. The van der Waals surface area contributed by atoms with Gasteiger partial charge in [-0.05, 0) is 93.9 Å². The highest BCUT2D eigenvalue weighted by molar-refractivity contribution is 5.98. The summed E-state index contributed by atoms with van der Waals surface area (Å²) in [7, 11) is 8.63. The Morgan fingerprint density at radius 2 is 1.02 bits per heavy atom. The molecule has 0 saturated heterocycles. The fraction of sp³-hybridized carbons (Fsp3) is 0.708. The van der Waals surface area contributed by atoms with Crippen molar-refractivity contribution in [3.63, 3.8) is 0 Å². The summed E-state index contributed by atoms with van der Waals surface area (Å²) in [6, 6.07) is -1.74. The molecule has 11 atom stereocenters. The largest absolute Gasteiger partial charge is 0.459 e. The third kappa shape index (κ3) is 24.7. The van der Waals surface area contributed by atoms with Gasteiger partial charge in [-0.2, -0.15) is 0 Å². The molecule has 0 heterocycles. The van der Waals surface area contributed by atoms with E-state index in [-0.39, 0.29) is 63.2 Å². The first-order chi connectivity index (χ1) is 41.4. The van der Waals surface area contributed by atoms with Crippen molar-refractivity contribution in [3.8, 4) is 0 Å². The number of esters is 1. The number of hydrogen-bond acceptors (Lipinski definition) is 14. The van der Waals surface area contributed by atoms with Crippen molar-refractivity contribution in [2.75, 3.05) is 55.4 Å². The van der Waals surface area contributed by atoms with Gasteiger partial charge in [-0.1, -0.05) is 126 Å². The molecule has 504 valence electrons. The Morgan fingerprint density at radius 1 is 0.539 bits per heavy atom. The lowest BCUT2D eigenvalue weighted by Crippen LogP contribution is -2.64. The first-order valence-corrected chi connectivity index (χ1v) is 31.3. The van der Waals surface area contributed by atoms with E-state index >= 15 is 14.4 Å². The normalized spacial score (nSPS) is 15.3. The van der Waals surface area contributed by atoms with Crippen LogP contribution in [0.4, 0.5) is 4.79 Å². The summed E-state index contributed by atoms with van der Waals surface area (Å²) in [6.45, 7) is 27.1. The lowest BCUT2D eigenvalue weighted by atomic mass is 9.91. The number of allylic oxidation sites excluding steroid dienone is 2. The number of ether oxygens (including phenoxy) is 2. The van der Waals surface area contributed by atoms with Crippen molar-refractivity contribution in [3.05, 3.63) is 48.0 Å². The maximum Gasteiger partial charge on any atom is 0.408 e. The molecule has 0 aromatic heterocycles. The molecule has 0 fully saturated rings. The molecule has 0 unspecified atom stereocenters. The zero-order valence-electron chi connectivity index (χ0n) is 57.4. The van der Waals surface area contributed by atoms with Crippen LogP contribution < -0.4 is 21.3 Å². The van der Waals surface area contributed by atoms with Crippen molar-refractivity contribution in [2.45, 2.75) is 210 Å². The van der Waals surface area contributed by atoms with Gasteiger partial charge in [0.1, 0.15) is 67.1 Å². The summed E-state index contributed by atoms with van der Waals surface area (Å²) in [6.07, 6.45) is 2.53. The second-order valence-electron chi connectivity index (χ2n) is 25.5. The van der Waals surface area contributed by atoms with Crippen LogP contribution in [0, 0.1) is 35.5 Å². The van der Waals surface area contributed by atoms with Crippen molar-refractivity contribution in [1.29, 1.82) is 0 Å². The summed E-state index contributed by atoms with van der Waals surface area (Å²) >= 11 is 0. The SMILES string of the molecule is C/C=C/C[C@@H](C)[C@@H](OC(C)=O)[C@@H](C(=O)N[C@@H](CC)C(=O)N(C)CCO)N(C)C(=O)[C@H](C(C)C)N(C)C(=O)[C@H](CC(C)C)N(C)C(=O)[C@H](CC(C)C)N(C)C(=O)[C@@H](C)NC(=O)[C@H](C)NC(=O)[C@H](CC(C)C)N(C)C(=O)[C@@H](NC(=O)OCc1ccccc1)C(C)C. The number of carbonyl (C=O) groups is 11. The molecule has 5 N–H and O–H groups in total. The van der Waals surface area contributed by atoms with Gasteiger partial charge in [-0.3, -0.25) is 47.9 Å². The Bertz CT molecular complexity index is 2530. The Hall–Kier alpha value is -7.11. The molecular weight excluding hydrogens is 1140 g/mol. The quantitative estimate of drug-likeness (QED) is 0.0448. The summed E-state index contributed by atoms with van der Waals surface area (Å²) in [5, 5.41) is 20.3. The van der Waals surface area contributed by atoms with Gasteiger partial charge < -0.3 is 65.2 Å². The van der Waals surface area contributed by atoms with Crippen molar-refractivity contribution >= 4 is 65.2 Å². The molecule has 0 spiro atoms. The standard InChI is InChI=1S/C65H110N10O14/c1-23-25-29-43(13)55(89-46(16)77)54(58(80)68-48(24-2)60(82)70(17)32-33-76)75(22)64(86)53(42(11)12)74(21)62(84)51(36-40(7)8)73(20)61(83)50(35-39(5)6)72(19)59(81)45(15)67-56(78)44(14)66-57(79)49(34-38(3)4)71(18)63(85)52(41(9)10)69-65(87)88-37-47-30-27-26-28-31-47/h23,25-28,30-31,38-45,48-55,76H,24,29,32-37H2,1-22H3,(H,66,79)(H,67,78)(H,68,80)(H,69,87)/b25-23+/t43-,44+,45-,48+,49+,50+,51+,52+,53+,54+,55-/m1/s1. The number of alkyl carbamates (subject to hydrolysis) is 1. The van der Waals surface area contributed by atoms with E-state index < -0.39 is 143 Å². The molecule has 0 bridgehead atoms. The van der Waals surface area contributed by atoms with E-state index in [0.29, 0.717) is 6.42 Å². The van der Waals surface area contributed by atoms with Crippen LogP contribution >= 0.6 is 0 Å². The average molecular weight is 1260 g/mol. The first kappa shape index (κ1) is 79.9. The third-order valence-corrected chi connectivity index (χ3v) is 15.7. The van der Waals surface area contributed by atoms with Crippen LogP contribution in [0.25, 0.3) is 0 Å². The van der Waals surface area contributed by atoms with E-state index in [9.17, 15) is 43.5 Å². The summed E-state index contributed by atoms with van der Waals surface area (Å²) in [5.41, 5.74) is 0.753. The van der Waals surface area contributed by atoms with Crippen LogP contribution in [-0.4, -0.2) is 216 Å². The Morgan fingerprint density at radius 3 is 1.49 bits per heavy atom. The predicted octanol–water partition coefficient (Wildman–Crippen LogP) is 4.76. The van der Waals surface area contributed by atoms with E-state index in [2.05, 4.69) is 21.3 Å². The van der Waals surface area contributed by atoms with Gasteiger partial charge in [0.15, 0.2) is 0 Å². The van der Waals surface area contributed by atoms with Crippen LogP contribution in [-0.2, 0) is 64.0 Å². The number of nitrogens with one attached hydrogen (secondary N) is 4. The van der Waals surface area contributed by atoms with E-state index in [4.69, 9.17) is 9.47 Å². The van der Waals surface area contributed by atoms with Crippen molar-refractivity contribution in [1.82, 2.24) is 50.7 Å². The average Bonchev–Trinajstić information content (AvgIpc) is 1.64. The number of aliphatic hydroxyl groups is 1. The maximum atomic E-state index is 15.2. The Labute approximate surface area is 530 Å². The highest BCUT2D eigenvalue weighted by Gasteiger charge is 2.46. The number of aliphatic hydroxyl groups excluding tert-OH is 1. The summed E-state index contributed by atoms with van der Waals surface area (Å²) < 4.78 is 11.2. The fourth-order valence-electron chi connectivity index (χ4n) is 10.5. The van der Waals surface area contributed by atoms with E-state index in [1.807, 2.05) is 60.6 Å². The monoisotopic (exact) mass is 1250 g/mol. The maximum absolute atomic E-state index is 15.2. The van der Waals surface area contributed by atoms with Crippen LogP contribution in [0.2, 0.25) is 0 Å². The van der Waals surface area contributed by atoms with Gasteiger partial charge >= 0.3 is 12.1 Å². The molecule has 1 aromatic rings. The van der Waals surface area contributed by atoms with Gasteiger partial charge in [-0.25, -0.2) is 4.79 Å². The molecule has 1 rings (SSSR count). The number of carbonyl (C=O) groups excluding carboxylic acids is 11. The van der Waals surface area contributed by atoms with Crippen LogP contribution in [0.3, 0.4) is 0 Å². The van der Waals surface area contributed by atoms with Gasteiger partial charge in [0, 0.05) is 55.8 Å².